The molecule has 0 atom stereocenters. The number of benzene rings is 1. The molecule has 0 radical (unpaired) electrons. The molecule has 0 saturated heterocycles. The average Bonchev–Trinajstić information content (AvgIpc) is 2.39. The zero-order valence-electron chi connectivity index (χ0n) is 12.5. The van der Waals surface area contributed by atoms with E-state index in [9.17, 15) is 0 Å². The van der Waals surface area contributed by atoms with E-state index < -0.39 is 18.4 Å². The molecule has 0 unspecified atom stereocenters. The third-order valence-electron chi connectivity index (χ3n) is 4.13. The first-order valence-electron chi connectivity index (χ1n) is 7.80. The van der Waals surface area contributed by atoms with Crippen molar-refractivity contribution in [2.75, 3.05) is 0 Å². The molecular formula is C17H30Sn. The number of rotatable bonds is 9. The van der Waals surface area contributed by atoms with Gasteiger partial charge in [0.1, 0.15) is 0 Å². The predicted molar refractivity (Wildman–Crippen MR) is 86.0 cm³/mol. The Kier molecular flexibility index (Phi) is 8.04. The van der Waals surface area contributed by atoms with Gasteiger partial charge in [-0.2, -0.15) is 0 Å². The standard InChI is InChI=1S/C8H9.3C3H7.Sn/c1-2-8-6-4-3-5-7-8;3*1-3-2;/h3-7H,1-2H2;3*1,3H2,2H3;. The van der Waals surface area contributed by atoms with Crippen LogP contribution < -0.4 is 0 Å². The van der Waals surface area contributed by atoms with Crippen LogP contribution in [0.5, 0.6) is 0 Å². The minimum absolute atomic E-state index is 1.34. The van der Waals surface area contributed by atoms with Crippen LogP contribution in [-0.2, 0) is 6.42 Å². The number of hydrogen-bond acceptors (Lipinski definition) is 0. The third kappa shape index (κ3) is 5.34. The van der Waals surface area contributed by atoms with E-state index in [4.69, 9.17) is 0 Å². The summed E-state index contributed by atoms with van der Waals surface area (Å²) in [4.78, 5) is 0. The molecule has 1 rings (SSSR count). The zero-order valence-corrected chi connectivity index (χ0v) is 15.4. The molecule has 0 aliphatic heterocycles. The maximum absolute atomic E-state index is 2.39. The van der Waals surface area contributed by atoms with Crippen molar-refractivity contribution in [3.05, 3.63) is 35.9 Å². The summed E-state index contributed by atoms with van der Waals surface area (Å²) in [5.74, 6) is 0. The summed E-state index contributed by atoms with van der Waals surface area (Å²) in [7, 11) is 0. The van der Waals surface area contributed by atoms with Crippen LogP contribution in [0.1, 0.15) is 45.6 Å². The van der Waals surface area contributed by atoms with Crippen LogP contribution in [0, 0.1) is 0 Å². The fourth-order valence-corrected chi connectivity index (χ4v) is 19.1. The maximum atomic E-state index is 2.39. The van der Waals surface area contributed by atoms with Crippen LogP contribution in [0.15, 0.2) is 30.3 Å². The molecule has 0 aliphatic carbocycles. The van der Waals surface area contributed by atoms with Crippen molar-refractivity contribution in [1.82, 2.24) is 0 Å². The summed E-state index contributed by atoms with van der Waals surface area (Å²) >= 11 is -1.79. The van der Waals surface area contributed by atoms with Crippen molar-refractivity contribution in [3.63, 3.8) is 0 Å². The van der Waals surface area contributed by atoms with Gasteiger partial charge in [-0.15, -0.1) is 0 Å². The minimum atomic E-state index is -1.79. The van der Waals surface area contributed by atoms with E-state index in [0.717, 1.165) is 0 Å². The van der Waals surface area contributed by atoms with Crippen LogP contribution in [-0.4, -0.2) is 18.4 Å². The summed E-state index contributed by atoms with van der Waals surface area (Å²) < 4.78 is 6.42. The Labute approximate surface area is 118 Å². The summed E-state index contributed by atoms with van der Waals surface area (Å²) in [6, 6.07) is 11.1. The van der Waals surface area contributed by atoms with E-state index in [1.54, 1.807) is 23.3 Å². The Morgan fingerprint density at radius 1 is 0.722 bits per heavy atom. The predicted octanol–water partition coefficient (Wildman–Crippen LogP) is 5.91. The van der Waals surface area contributed by atoms with Crippen LogP contribution in [0.4, 0.5) is 0 Å². The van der Waals surface area contributed by atoms with Crippen molar-refractivity contribution >= 4 is 18.4 Å². The molecule has 0 aromatic heterocycles. The van der Waals surface area contributed by atoms with Gasteiger partial charge in [-0.1, -0.05) is 0 Å². The molecule has 0 spiro atoms. The second-order valence-electron chi connectivity index (χ2n) is 5.74. The first-order valence-corrected chi connectivity index (χ1v) is 15.9. The molecule has 0 heterocycles. The van der Waals surface area contributed by atoms with Gasteiger partial charge < -0.3 is 0 Å². The molecule has 1 heteroatoms. The average molecular weight is 353 g/mol. The van der Waals surface area contributed by atoms with Crippen molar-refractivity contribution in [3.8, 4) is 0 Å². The van der Waals surface area contributed by atoms with Gasteiger partial charge >= 0.3 is 118 Å². The Balaban J connectivity index is 2.64. The van der Waals surface area contributed by atoms with Crippen LogP contribution >= 0.6 is 0 Å². The normalized spacial score (nSPS) is 11.7. The van der Waals surface area contributed by atoms with Gasteiger partial charge in [-0.25, -0.2) is 0 Å². The second kappa shape index (κ2) is 9.01. The third-order valence-corrected chi connectivity index (χ3v) is 21.2. The molecule has 1 aromatic carbocycles. The van der Waals surface area contributed by atoms with Crippen molar-refractivity contribution < 1.29 is 0 Å². The molecule has 102 valence electrons. The monoisotopic (exact) mass is 354 g/mol. The molecule has 0 bridgehead atoms. The molecular weight excluding hydrogens is 323 g/mol. The van der Waals surface area contributed by atoms with Crippen molar-refractivity contribution in [2.45, 2.75) is 64.2 Å². The first-order chi connectivity index (χ1) is 8.76. The fraction of sp³-hybridized carbons (Fsp3) is 0.647. The first kappa shape index (κ1) is 16.1. The van der Waals surface area contributed by atoms with E-state index in [1.807, 2.05) is 0 Å². The summed E-state index contributed by atoms with van der Waals surface area (Å²) in [5.41, 5.74) is 1.56. The van der Waals surface area contributed by atoms with Gasteiger partial charge in [0.25, 0.3) is 0 Å². The Hall–Kier alpha value is 0.0187. The number of aryl methyl sites for hydroxylation is 1. The topological polar surface area (TPSA) is 0 Å². The second-order valence-corrected chi connectivity index (χ2v) is 20.0. The zero-order chi connectivity index (χ0) is 13.3. The van der Waals surface area contributed by atoms with E-state index in [1.165, 1.54) is 25.7 Å². The summed E-state index contributed by atoms with van der Waals surface area (Å²) in [5, 5.41) is 0. The Morgan fingerprint density at radius 2 is 1.22 bits per heavy atom. The Bertz CT molecular complexity index is 288. The van der Waals surface area contributed by atoms with Gasteiger partial charge in [-0.05, 0) is 0 Å². The fourth-order valence-electron chi connectivity index (χ4n) is 3.40. The van der Waals surface area contributed by atoms with E-state index in [2.05, 4.69) is 51.1 Å². The van der Waals surface area contributed by atoms with Crippen molar-refractivity contribution in [1.29, 1.82) is 0 Å². The van der Waals surface area contributed by atoms with E-state index >= 15 is 0 Å². The molecule has 0 fully saturated rings. The van der Waals surface area contributed by atoms with Gasteiger partial charge in [0, 0.05) is 0 Å². The molecule has 0 amide bonds. The molecule has 0 aliphatic rings. The van der Waals surface area contributed by atoms with Gasteiger partial charge in [0.05, 0.1) is 0 Å². The van der Waals surface area contributed by atoms with E-state index in [0.29, 0.717) is 0 Å². The quantitative estimate of drug-likeness (QED) is 0.485. The number of hydrogen-bond donors (Lipinski definition) is 0. The van der Waals surface area contributed by atoms with E-state index in [-0.39, 0.29) is 0 Å². The van der Waals surface area contributed by atoms with Crippen LogP contribution in [0.2, 0.25) is 17.7 Å². The summed E-state index contributed by atoms with van der Waals surface area (Å²) in [6.07, 6.45) is 5.61. The Morgan fingerprint density at radius 3 is 1.67 bits per heavy atom. The molecule has 0 saturated carbocycles. The van der Waals surface area contributed by atoms with Crippen LogP contribution in [0.3, 0.4) is 0 Å². The van der Waals surface area contributed by atoms with Crippen molar-refractivity contribution in [2.24, 2.45) is 0 Å². The SMILES string of the molecule is CC[CH2][Sn]([CH2]CC)([CH2]CC)[CH2]Cc1ccccc1. The summed E-state index contributed by atoms with van der Waals surface area (Å²) in [6.45, 7) is 7.17. The molecule has 18 heavy (non-hydrogen) atoms. The van der Waals surface area contributed by atoms with Gasteiger partial charge in [0.15, 0.2) is 0 Å². The van der Waals surface area contributed by atoms with Crippen LogP contribution in [0.25, 0.3) is 0 Å². The van der Waals surface area contributed by atoms with Gasteiger partial charge in [-0.3, -0.25) is 0 Å². The molecule has 0 nitrogen and oxygen atoms in total. The molecule has 0 N–H and O–H groups in total. The van der Waals surface area contributed by atoms with Gasteiger partial charge in [0.2, 0.25) is 0 Å². The molecule has 1 aromatic rings.